The number of carbonyl (C=O) groups is 2. The standard InChI is InChI=1S/C20H21FN2O5S/c1-28-19(24)13-18(14-6-8-16(21)9-7-14)22-20(25)15-4-2-5-17(12-15)23-10-3-11-29(23,26)27/h2,4-9,12,18H,3,10-11,13H2,1H3,(H,22,25). The first-order valence-electron chi connectivity index (χ1n) is 9.04. The maximum absolute atomic E-state index is 13.2. The van der Waals surface area contributed by atoms with Crippen molar-refractivity contribution in [2.75, 3.05) is 23.7 Å². The van der Waals surface area contributed by atoms with E-state index < -0.39 is 33.8 Å². The smallest absolute Gasteiger partial charge is 0.307 e. The number of carbonyl (C=O) groups excluding carboxylic acids is 2. The van der Waals surface area contributed by atoms with Crippen LogP contribution in [0.15, 0.2) is 48.5 Å². The Bertz CT molecular complexity index is 1010. The van der Waals surface area contributed by atoms with Gasteiger partial charge in [-0.15, -0.1) is 0 Å². The number of ether oxygens (including phenoxy) is 1. The van der Waals surface area contributed by atoms with Crippen LogP contribution in [0.5, 0.6) is 0 Å². The highest BCUT2D eigenvalue weighted by Gasteiger charge is 2.29. The molecule has 1 amide bonds. The second kappa shape index (κ2) is 8.60. The summed E-state index contributed by atoms with van der Waals surface area (Å²) in [5.41, 5.74) is 1.21. The molecule has 1 N–H and O–H groups in total. The molecule has 0 radical (unpaired) electrons. The lowest BCUT2D eigenvalue weighted by Gasteiger charge is -2.20. The van der Waals surface area contributed by atoms with E-state index in [1.807, 2.05) is 0 Å². The van der Waals surface area contributed by atoms with Crippen LogP contribution < -0.4 is 9.62 Å². The van der Waals surface area contributed by atoms with E-state index in [1.54, 1.807) is 18.2 Å². The average Bonchev–Trinajstić information content (AvgIpc) is 3.07. The number of anilines is 1. The Morgan fingerprint density at radius 3 is 2.55 bits per heavy atom. The van der Waals surface area contributed by atoms with Gasteiger partial charge in [0.25, 0.3) is 5.91 Å². The first kappa shape index (κ1) is 20.8. The maximum Gasteiger partial charge on any atom is 0.307 e. The number of esters is 1. The van der Waals surface area contributed by atoms with Crippen molar-refractivity contribution in [2.24, 2.45) is 0 Å². The van der Waals surface area contributed by atoms with Gasteiger partial charge in [0.05, 0.1) is 31.0 Å². The number of hydrogen-bond acceptors (Lipinski definition) is 5. The zero-order chi connectivity index (χ0) is 21.0. The normalized spacial score (nSPS) is 16.3. The van der Waals surface area contributed by atoms with Crippen LogP contribution in [0.4, 0.5) is 10.1 Å². The molecule has 1 saturated heterocycles. The molecule has 0 aromatic heterocycles. The van der Waals surface area contributed by atoms with Crippen molar-refractivity contribution >= 4 is 27.6 Å². The molecule has 3 rings (SSSR count). The molecule has 0 spiro atoms. The van der Waals surface area contributed by atoms with Gasteiger partial charge in [0, 0.05) is 12.1 Å². The van der Waals surface area contributed by atoms with E-state index in [9.17, 15) is 22.4 Å². The average molecular weight is 420 g/mol. The summed E-state index contributed by atoms with van der Waals surface area (Å²) in [6, 6.07) is 11.0. The minimum Gasteiger partial charge on any atom is -0.469 e. The molecule has 2 aromatic carbocycles. The Kier molecular flexibility index (Phi) is 6.17. The topological polar surface area (TPSA) is 92.8 Å². The summed E-state index contributed by atoms with van der Waals surface area (Å²) in [6.45, 7) is 0.369. The van der Waals surface area contributed by atoms with Crippen LogP contribution in [0.1, 0.15) is 34.8 Å². The first-order chi connectivity index (χ1) is 13.8. The van der Waals surface area contributed by atoms with Crippen LogP contribution in [-0.4, -0.2) is 39.7 Å². The fraction of sp³-hybridized carbons (Fsp3) is 0.300. The van der Waals surface area contributed by atoms with E-state index in [-0.39, 0.29) is 17.7 Å². The number of rotatable bonds is 6. The molecule has 0 bridgehead atoms. The first-order valence-corrected chi connectivity index (χ1v) is 10.6. The van der Waals surface area contributed by atoms with Crippen molar-refractivity contribution in [3.8, 4) is 0 Å². The Morgan fingerprint density at radius 1 is 1.21 bits per heavy atom. The van der Waals surface area contributed by atoms with Gasteiger partial charge < -0.3 is 10.1 Å². The third-order valence-corrected chi connectivity index (χ3v) is 6.54. The van der Waals surface area contributed by atoms with Crippen LogP contribution in [0, 0.1) is 5.82 Å². The summed E-state index contributed by atoms with van der Waals surface area (Å²) in [5.74, 6) is -1.37. The summed E-state index contributed by atoms with van der Waals surface area (Å²) in [6.07, 6.45) is 0.401. The summed E-state index contributed by atoms with van der Waals surface area (Å²) >= 11 is 0. The van der Waals surface area contributed by atoms with Gasteiger partial charge in [0.15, 0.2) is 0 Å². The van der Waals surface area contributed by atoms with Crippen molar-refractivity contribution in [1.82, 2.24) is 5.32 Å². The molecule has 1 atom stereocenters. The Balaban J connectivity index is 1.83. The number of sulfonamides is 1. The van der Waals surface area contributed by atoms with Gasteiger partial charge in [-0.05, 0) is 42.3 Å². The van der Waals surface area contributed by atoms with Gasteiger partial charge in [-0.3, -0.25) is 13.9 Å². The van der Waals surface area contributed by atoms with Crippen molar-refractivity contribution < 1.29 is 27.1 Å². The third kappa shape index (κ3) is 4.92. The molecule has 154 valence electrons. The van der Waals surface area contributed by atoms with E-state index >= 15 is 0 Å². The number of nitrogens with zero attached hydrogens (tertiary/aromatic N) is 1. The van der Waals surface area contributed by atoms with Crippen molar-refractivity contribution in [3.63, 3.8) is 0 Å². The minimum absolute atomic E-state index is 0.0786. The van der Waals surface area contributed by atoms with Crippen molar-refractivity contribution in [1.29, 1.82) is 0 Å². The van der Waals surface area contributed by atoms with E-state index in [2.05, 4.69) is 10.1 Å². The molecule has 2 aromatic rings. The number of nitrogens with one attached hydrogen (secondary N) is 1. The van der Waals surface area contributed by atoms with Crippen LogP contribution in [0.2, 0.25) is 0 Å². The number of halogens is 1. The van der Waals surface area contributed by atoms with Crippen LogP contribution in [0.3, 0.4) is 0 Å². The molecule has 1 fully saturated rings. The van der Waals surface area contributed by atoms with Crippen LogP contribution in [-0.2, 0) is 19.6 Å². The van der Waals surface area contributed by atoms with Crippen molar-refractivity contribution in [2.45, 2.75) is 18.9 Å². The lowest BCUT2D eigenvalue weighted by molar-refractivity contribution is -0.141. The highest BCUT2D eigenvalue weighted by molar-refractivity contribution is 7.93. The number of amides is 1. The predicted molar refractivity (Wildman–Crippen MR) is 105 cm³/mol. The van der Waals surface area contributed by atoms with Gasteiger partial charge in [0.1, 0.15) is 5.82 Å². The summed E-state index contributed by atoms with van der Waals surface area (Å²) in [4.78, 5) is 24.5. The minimum atomic E-state index is -3.37. The molecule has 1 heterocycles. The number of methoxy groups -OCH3 is 1. The lowest BCUT2D eigenvalue weighted by atomic mass is 10.0. The molecule has 29 heavy (non-hydrogen) atoms. The Labute approximate surface area is 168 Å². The summed E-state index contributed by atoms with van der Waals surface area (Å²) < 4.78 is 43.5. The fourth-order valence-corrected chi connectivity index (χ4v) is 4.73. The molecule has 1 unspecified atom stereocenters. The van der Waals surface area contributed by atoms with Crippen molar-refractivity contribution in [3.05, 3.63) is 65.5 Å². The second-order valence-corrected chi connectivity index (χ2v) is 8.66. The summed E-state index contributed by atoms with van der Waals surface area (Å²) in [7, 11) is -2.13. The van der Waals surface area contributed by atoms with Gasteiger partial charge >= 0.3 is 5.97 Å². The van der Waals surface area contributed by atoms with E-state index in [4.69, 9.17) is 0 Å². The zero-order valence-electron chi connectivity index (χ0n) is 15.8. The van der Waals surface area contributed by atoms with Crippen LogP contribution >= 0.6 is 0 Å². The molecular weight excluding hydrogens is 399 g/mol. The third-order valence-electron chi connectivity index (χ3n) is 4.67. The molecule has 1 aliphatic rings. The molecular formula is C20H21FN2O5S. The predicted octanol–water partition coefficient (Wildman–Crippen LogP) is 2.40. The number of hydrogen-bond donors (Lipinski definition) is 1. The lowest BCUT2D eigenvalue weighted by Crippen LogP contribution is -2.31. The zero-order valence-corrected chi connectivity index (χ0v) is 16.6. The van der Waals surface area contributed by atoms with Gasteiger partial charge in [-0.2, -0.15) is 0 Å². The fourth-order valence-electron chi connectivity index (χ4n) is 3.17. The SMILES string of the molecule is COC(=O)CC(NC(=O)c1cccc(N2CCCS2(=O)=O)c1)c1ccc(F)cc1. The Hall–Kier alpha value is -2.94. The van der Waals surface area contributed by atoms with Gasteiger partial charge in [-0.25, -0.2) is 12.8 Å². The molecule has 7 nitrogen and oxygen atoms in total. The molecule has 1 aliphatic heterocycles. The molecule has 0 aliphatic carbocycles. The largest absolute Gasteiger partial charge is 0.469 e. The molecule has 0 saturated carbocycles. The van der Waals surface area contributed by atoms with E-state index in [0.717, 1.165) is 0 Å². The monoisotopic (exact) mass is 420 g/mol. The van der Waals surface area contributed by atoms with Crippen LogP contribution in [0.25, 0.3) is 0 Å². The number of benzene rings is 2. The van der Waals surface area contributed by atoms with E-state index in [0.29, 0.717) is 24.2 Å². The van der Waals surface area contributed by atoms with E-state index in [1.165, 1.54) is 41.7 Å². The highest BCUT2D eigenvalue weighted by atomic mass is 32.2. The summed E-state index contributed by atoms with van der Waals surface area (Å²) in [5, 5.41) is 2.74. The quantitative estimate of drug-likeness (QED) is 0.725. The highest BCUT2D eigenvalue weighted by Crippen LogP contribution is 2.25. The second-order valence-electron chi connectivity index (χ2n) is 6.65. The molecule has 9 heteroatoms. The maximum atomic E-state index is 13.2. The Morgan fingerprint density at radius 2 is 1.93 bits per heavy atom. The van der Waals surface area contributed by atoms with Gasteiger partial charge in [0.2, 0.25) is 10.0 Å². The van der Waals surface area contributed by atoms with Gasteiger partial charge in [-0.1, -0.05) is 18.2 Å².